The first kappa shape index (κ1) is 6.13. The molecule has 0 aromatic carbocycles. The third kappa shape index (κ3) is 5.13. The van der Waals surface area contributed by atoms with Crippen LogP contribution in [-0.4, -0.2) is 5.24 Å². The Balaban J connectivity index is 3.32. The summed E-state index contributed by atoms with van der Waals surface area (Å²) in [6.45, 7) is 0. The van der Waals surface area contributed by atoms with Crippen molar-refractivity contribution in [3.63, 3.8) is 0 Å². The van der Waals surface area contributed by atoms with E-state index < -0.39 is 5.24 Å². The zero-order valence-corrected chi connectivity index (χ0v) is 4.14. The molecular weight excluding hydrogens is 116 g/mol. The summed E-state index contributed by atoms with van der Waals surface area (Å²) in [5.74, 6) is 0. The number of thiol groups is 1. The van der Waals surface area contributed by atoms with Gasteiger partial charge < -0.3 is 0 Å². The van der Waals surface area contributed by atoms with Crippen LogP contribution in [0.1, 0.15) is 0 Å². The molecule has 5 nitrogen and oxygen atoms in total. The Morgan fingerprint density at radius 1 is 2.00 bits per heavy atom. The van der Waals surface area contributed by atoms with Crippen LogP contribution in [0.4, 0.5) is 4.79 Å². The van der Waals surface area contributed by atoms with Crippen LogP contribution in [-0.2, 0) is 0 Å². The molecule has 0 rings (SSSR count). The maximum Gasteiger partial charge on any atom is 0.384 e. The first-order chi connectivity index (χ1) is 3.27. The maximum atomic E-state index is 9.72. The third-order valence-corrected chi connectivity index (χ3v) is 0.296. The molecule has 2 N–H and O–H groups in total. The van der Waals surface area contributed by atoms with Gasteiger partial charge in [0.05, 0.1) is 4.91 Å². The number of carbonyl (C=O) groups is 1. The van der Waals surface area contributed by atoms with Crippen molar-refractivity contribution < 1.29 is 4.79 Å². The summed E-state index contributed by atoms with van der Waals surface area (Å²) in [6, 6.07) is 0. The van der Waals surface area contributed by atoms with Crippen LogP contribution >= 0.6 is 12.6 Å². The minimum absolute atomic E-state index is 0.629. The molecule has 0 aromatic rings. The quantitative estimate of drug-likeness (QED) is 0.194. The first-order valence-corrected chi connectivity index (χ1v) is 1.77. The molecule has 0 aliphatic heterocycles. The Morgan fingerprint density at radius 3 is 2.71 bits per heavy atom. The number of hydrogen-bond donors (Lipinski definition) is 3. The minimum Gasteiger partial charge on any atom is -0.231 e. The molecule has 0 saturated carbocycles. The average molecular weight is 119 g/mol. The van der Waals surface area contributed by atoms with Crippen molar-refractivity contribution in [3.05, 3.63) is 0 Å². The monoisotopic (exact) mass is 119 g/mol. The molecule has 0 fully saturated rings. The zero-order valence-electron chi connectivity index (χ0n) is 3.25. The Kier molecular flexibility index (Phi) is 2.91. The lowest BCUT2D eigenvalue weighted by Gasteiger charge is -1.66. The van der Waals surface area contributed by atoms with Crippen molar-refractivity contribution in [1.82, 2.24) is 10.3 Å². The van der Waals surface area contributed by atoms with Crippen LogP contribution in [0.25, 0.3) is 0 Å². The van der Waals surface area contributed by atoms with Crippen LogP contribution in [0.15, 0.2) is 5.22 Å². The van der Waals surface area contributed by atoms with E-state index in [1.165, 1.54) is 0 Å². The molecule has 0 heterocycles. The number of nitrogens with zero attached hydrogens (tertiary/aromatic N) is 2. The standard InChI is InChI=1S/CH2N4OS/c2-4-5-3-1(6)7/h2H,(H,6,7)/p+1. The first-order valence-electron chi connectivity index (χ1n) is 1.32. The van der Waals surface area contributed by atoms with E-state index in [1.807, 2.05) is 0 Å². The number of amides is 1. The van der Waals surface area contributed by atoms with Crippen LogP contribution in [0.2, 0.25) is 0 Å². The summed E-state index contributed by atoms with van der Waals surface area (Å²) in [7, 11) is 0. The van der Waals surface area contributed by atoms with Crippen molar-refractivity contribution in [1.29, 1.82) is 5.53 Å². The Hall–Kier alpha value is -0.870. The van der Waals surface area contributed by atoms with Gasteiger partial charge in [0, 0.05) is 0 Å². The smallest absolute Gasteiger partial charge is 0.231 e. The summed E-state index contributed by atoms with van der Waals surface area (Å²) in [4.78, 5) is 12.2. The van der Waals surface area contributed by atoms with Crippen molar-refractivity contribution in [2.45, 2.75) is 0 Å². The van der Waals surface area contributed by atoms with Crippen LogP contribution in [0, 0.1) is 5.53 Å². The molecule has 0 aliphatic rings. The number of carbonyl (C=O) groups excluding carboxylic acids is 1. The summed E-state index contributed by atoms with van der Waals surface area (Å²) in [6.07, 6.45) is 0. The fraction of sp³-hybridized carbons (Fsp3) is 0. The highest BCUT2D eigenvalue weighted by Gasteiger charge is 1.91. The van der Waals surface area contributed by atoms with Gasteiger partial charge in [0.2, 0.25) is 5.22 Å². The molecule has 0 atom stereocenters. The van der Waals surface area contributed by atoms with E-state index in [2.05, 4.69) is 22.8 Å². The molecule has 0 unspecified atom stereocenters. The van der Waals surface area contributed by atoms with Gasteiger partial charge in [-0.25, -0.2) is 4.79 Å². The molecule has 0 bridgehead atoms. The summed E-state index contributed by atoms with van der Waals surface area (Å²) in [5, 5.41) is 2.16. The molecule has 0 aliphatic carbocycles. The van der Waals surface area contributed by atoms with Crippen LogP contribution < -0.4 is 10.3 Å². The average Bonchev–Trinajstić information content (AvgIpc) is 1.61. The summed E-state index contributed by atoms with van der Waals surface area (Å²) in [5.41, 5.74) is 7.80. The normalized spacial score (nSPS) is 6.43. The van der Waals surface area contributed by atoms with Gasteiger partial charge in [-0.15, -0.1) is 0 Å². The largest absolute Gasteiger partial charge is 0.384 e. The molecule has 1 amide bonds. The number of nitrogens with one attached hydrogen (secondary N) is 2. The predicted molar refractivity (Wildman–Crippen MR) is 24.8 cm³/mol. The van der Waals surface area contributed by atoms with Gasteiger partial charge in [0.1, 0.15) is 0 Å². The van der Waals surface area contributed by atoms with Gasteiger partial charge in [-0.2, -0.15) is 0 Å². The Labute approximate surface area is 44.7 Å². The van der Waals surface area contributed by atoms with Gasteiger partial charge in [0.25, 0.3) is 0 Å². The van der Waals surface area contributed by atoms with Crippen LogP contribution in [0.5, 0.6) is 0 Å². The Morgan fingerprint density at radius 2 is 2.57 bits per heavy atom. The molecule has 0 saturated heterocycles. The lowest BCUT2D eigenvalue weighted by atomic mass is 11.4. The Bertz CT molecular complexity index is 115. The van der Waals surface area contributed by atoms with Gasteiger partial charge >= 0.3 is 5.24 Å². The van der Waals surface area contributed by atoms with E-state index in [0.717, 1.165) is 0 Å². The van der Waals surface area contributed by atoms with Crippen molar-refractivity contribution in [2.24, 2.45) is 5.22 Å². The van der Waals surface area contributed by atoms with E-state index in [0.29, 0.717) is 0 Å². The molecule has 38 valence electrons. The van der Waals surface area contributed by atoms with Crippen molar-refractivity contribution in [3.8, 4) is 0 Å². The molecule has 0 spiro atoms. The second-order valence-electron chi connectivity index (χ2n) is 0.617. The number of hydrogen-bond acceptors (Lipinski definition) is 3. The lowest BCUT2D eigenvalue weighted by molar-refractivity contribution is 0.260. The maximum absolute atomic E-state index is 9.72. The zero-order chi connectivity index (χ0) is 5.70. The van der Waals surface area contributed by atoms with E-state index in [1.54, 1.807) is 5.43 Å². The van der Waals surface area contributed by atoms with Gasteiger partial charge in [0.15, 0.2) is 0 Å². The predicted octanol–water partition coefficient (Wildman–Crippen LogP) is 0.0912. The second-order valence-corrected chi connectivity index (χ2v) is 1.02. The topological polar surface area (TPSA) is 79.4 Å². The van der Waals surface area contributed by atoms with E-state index in [-0.39, 0.29) is 0 Å². The highest BCUT2D eigenvalue weighted by atomic mass is 32.1. The molecular formula is CH3N4OS+. The fourth-order valence-corrected chi connectivity index (χ4v) is 0.112. The van der Waals surface area contributed by atoms with Crippen molar-refractivity contribution in [2.75, 3.05) is 0 Å². The summed E-state index contributed by atoms with van der Waals surface area (Å²) >= 11 is 3.24. The van der Waals surface area contributed by atoms with Gasteiger partial charge in [-0.05, 0) is 5.53 Å². The van der Waals surface area contributed by atoms with E-state index in [9.17, 15) is 4.79 Å². The highest BCUT2D eigenvalue weighted by molar-refractivity contribution is 7.96. The molecule has 6 heteroatoms. The minimum atomic E-state index is -0.629. The molecule has 0 aromatic heterocycles. The number of rotatable bonds is 1. The fourth-order valence-electron chi connectivity index (χ4n) is 0.0678. The molecule has 7 heavy (non-hydrogen) atoms. The second kappa shape index (κ2) is 3.32. The van der Waals surface area contributed by atoms with E-state index in [4.69, 9.17) is 5.53 Å². The summed E-state index contributed by atoms with van der Waals surface area (Å²) < 4.78 is 0. The van der Waals surface area contributed by atoms with Gasteiger partial charge in [-0.1, -0.05) is 18.1 Å². The third-order valence-electron chi connectivity index (χ3n) is 0.196. The van der Waals surface area contributed by atoms with E-state index >= 15 is 0 Å². The van der Waals surface area contributed by atoms with Crippen molar-refractivity contribution >= 4 is 17.9 Å². The molecule has 0 radical (unpaired) electrons. The highest BCUT2D eigenvalue weighted by Crippen LogP contribution is 1.70. The van der Waals surface area contributed by atoms with Crippen LogP contribution in [0.3, 0.4) is 0 Å². The SMILES string of the molecule is N=[N+]=NNC(=O)S. The lowest BCUT2D eigenvalue weighted by Crippen LogP contribution is -2.06. The van der Waals surface area contributed by atoms with Gasteiger partial charge in [-0.3, -0.25) is 0 Å².